The van der Waals surface area contributed by atoms with Gasteiger partial charge in [-0.25, -0.2) is 19.9 Å². The van der Waals surface area contributed by atoms with E-state index in [2.05, 4.69) is 19.9 Å². The van der Waals surface area contributed by atoms with Gasteiger partial charge in [0.25, 0.3) is 0 Å². The Hall–Kier alpha value is -7.23. The van der Waals surface area contributed by atoms with Crippen LogP contribution in [-0.2, 0) is 0 Å². The topological polar surface area (TPSA) is 277 Å². The minimum absolute atomic E-state index is 0. The number of H-pyrrole nitrogens is 4. The number of hydrogen-bond acceptors (Lipinski definition) is 12. The summed E-state index contributed by atoms with van der Waals surface area (Å²) in [6, 6.07) is 47.8. The van der Waals surface area contributed by atoms with Gasteiger partial charge in [0, 0.05) is 77.5 Å². The average Bonchev–Trinajstić information content (AvgIpc) is 2.50. The standard InChI is InChI=1S/C64H46B4N8O8.2Ce/c77-65(78)39-9-1-35(2-10-39)59-47-21-17-43(69-47)33-44-18-22-48(70-44)60(36-3-11-40(12-4-36)66(79)80)52-26-30-56(74-52)63(55-29-25-51(59)73-55)64-57-31-27-53(75-57)61(37-5-13-41(14-6-37)67(81)82)49-23-19-45(71-49)34-46-20-24-50(72-46)62(54-28-32-58(64)76-54)38-7-15-42(16-8-38)68(83)84;;/h1-34,69,71,74,76-84H;;/q;2*+3. The zero-order valence-corrected chi connectivity index (χ0v) is 51.6. The second kappa shape index (κ2) is 24.5. The molecule has 4 aliphatic rings. The minimum atomic E-state index is -1.67. The largest absolute Gasteiger partial charge is 3.00 e. The van der Waals surface area contributed by atoms with Crippen molar-refractivity contribution in [1.82, 2.24) is 39.9 Å². The number of fused-ring (bicyclic) bond motifs is 16. The molecule has 0 unspecified atom stereocenters. The molecule has 10 aromatic rings. The summed E-state index contributed by atoms with van der Waals surface area (Å²) in [5.74, 6) is 0. The van der Waals surface area contributed by atoms with Crippen molar-refractivity contribution in [2.24, 2.45) is 0 Å². The Morgan fingerprint density at radius 2 is 0.477 bits per heavy atom. The molecule has 0 fully saturated rings. The molecule has 16 bridgehead atoms. The number of hydrogen-bond donors (Lipinski definition) is 12. The van der Waals surface area contributed by atoms with Crippen molar-refractivity contribution in [3.8, 4) is 55.6 Å². The van der Waals surface area contributed by atoms with Gasteiger partial charge in [-0.1, -0.05) is 97.1 Å². The predicted octanol–water partition coefficient (Wildman–Crippen LogP) is 6.68. The summed E-state index contributed by atoms with van der Waals surface area (Å²) < 4.78 is 0. The van der Waals surface area contributed by atoms with Crippen LogP contribution >= 0.6 is 0 Å². The van der Waals surface area contributed by atoms with Gasteiger partial charge in [0.05, 0.1) is 45.6 Å². The fourth-order valence-corrected chi connectivity index (χ4v) is 11.3. The number of rotatable bonds is 9. The van der Waals surface area contributed by atoms with Gasteiger partial charge in [-0.05, 0) is 153 Å². The van der Waals surface area contributed by atoms with E-state index in [-0.39, 0.29) is 83.5 Å². The monoisotopic (exact) mass is 1380 g/mol. The van der Waals surface area contributed by atoms with Crippen molar-refractivity contribution in [2.75, 3.05) is 0 Å². The van der Waals surface area contributed by atoms with E-state index in [4.69, 9.17) is 19.9 Å². The summed E-state index contributed by atoms with van der Waals surface area (Å²) >= 11 is 0. The third-order valence-corrected chi connectivity index (χ3v) is 15.4. The van der Waals surface area contributed by atoms with E-state index in [0.29, 0.717) is 101 Å². The quantitative estimate of drug-likeness (QED) is 0.0675. The fourth-order valence-electron chi connectivity index (χ4n) is 11.3. The van der Waals surface area contributed by atoms with Crippen LogP contribution in [0.2, 0.25) is 0 Å². The normalized spacial score (nSPS) is 12.0. The van der Waals surface area contributed by atoms with Crippen molar-refractivity contribution < 1.29 is 124 Å². The van der Waals surface area contributed by atoms with Crippen molar-refractivity contribution in [1.29, 1.82) is 0 Å². The summed E-state index contributed by atoms with van der Waals surface area (Å²) in [4.78, 5) is 36.3. The molecule has 86 heavy (non-hydrogen) atoms. The maximum Gasteiger partial charge on any atom is 3.00 e. The Morgan fingerprint density at radius 3 is 0.767 bits per heavy atom. The van der Waals surface area contributed by atoms with Gasteiger partial charge < -0.3 is 60.1 Å². The van der Waals surface area contributed by atoms with Crippen LogP contribution in [0.5, 0.6) is 0 Å². The Morgan fingerprint density at radius 1 is 0.244 bits per heavy atom. The van der Waals surface area contributed by atoms with E-state index in [1.54, 1.807) is 48.5 Å². The van der Waals surface area contributed by atoms with Gasteiger partial charge in [0.2, 0.25) is 0 Å². The number of aromatic nitrogens is 8. The van der Waals surface area contributed by atoms with E-state index in [1.165, 1.54) is 0 Å². The molecule has 4 aliphatic heterocycles. The third kappa shape index (κ3) is 11.4. The molecule has 404 valence electrons. The molecular weight excluding hydrogens is 1330 g/mol. The van der Waals surface area contributed by atoms with Gasteiger partial charge in [-0.3, -0.25) is 0 Å². The molecule has 0 aliphatic carbocycles. The first kappa shape index (κ1) is 59.1. The Balaban J connectivity index is 0.00000362. The summed E-state index contributed by atoms with van der Waals surface area (Å²) in [6.07, 6.45) is 15.6. The molecule has 22 heteroatoms. The zero-order valence-electron chi connectivity index (χ0n) is 45.3. The van der Waals surface area contributed by atoms with Gasteiger partial charge in [0.1, 0.15) is 0 Å². The molecule has 14 rings (SSSR count). The minimum Gasteiger partial charge on any atom is -0.423 e. The van der Waals surface area contributed by atoms with Crippen LogP contribution in [0.25, 0.3) is 148 Å². The summed E-state index contributed by atoms with van der Waals surface area (Å²) in [6.45, 7) is 0. The maximum atomic E-state index is 10.1. The Bertz CT molecular complexity index is 4410. The molecule has 0 atom stereocenters. The number of nitrogens with one attached hydrogen (secondary N) is 4. The van der Waals surface area contributed by atoms with Gasteiger partial charge in [-0.15, -0.1) is 0 Å². The van der Waals surface area contributed by atoms with Crippen LogP contribution in [-0.4, -0.2) is 109 Å². The summed E-state index contributed by atoms with van der Waals surface area (Å²) in [5.41, 5.74) is 19.3. The van der Waals surface area contributed by atoms with Crippen LogP contribution in [0, 0.1) is 83.5 Å². The molecule has 12 N–H and O–H groups in total. The fraction of sp³-hybridized carbons (Fsp3) is 0. The van der Waals surface area contributed by atoms with Crippen LogP contribution in [0.15, 0.2) is 158 Å². The van der Waals surface area contributed by atoms with E-state index >= 15 is 0 Å². The average molecular weight is 1380 g/mol. The molecular formula is C64H46B4Ce2N8O8+6. The van der Waals surface area contributed by atoms with Crippen molar-refractivity contribution in [2.45, 2.75) is 0 Å². The van der Waals surface area contributed by atoms with Crippen LogP contribution in [0.3, 0.4) is 0 Å². The molecule has 4 aromatic carbocycles. The van der Waals surface area contributed by atoms with Crippen LogP contribution < -0.4 is 21.9 Å². The molecule has 0 spiro atoms. The van der Waals surface area contributed by atoms with Crippen molar-refractivity contribution >= 4 is 143 Å². The van der Waals surface area contributed by atoms with Crippen LogP contribution in [0.1, 0.15) is 45.6 Å². The first-order chi connectivity index (χ1) is 40.8. The zero-order chi connectivity index (χ0) is 57.3. The molecule has 2 radical (unpaired) electrons. The predicted molar refractivity (Wildman–Crippen MR) is 338 cm³/mol. The third-order valence-electron chi connectivity index (χ3n) is 15.4. The molecule has 6 aromatic heterocycles. The van der Waals surface area contributed by atoms with Gasteiger partial charge in [0.15, 0.2) is 0 Å². The second-order valence-electron chi connectivity index (χ2n) is 20.7. The molecule has 0 saturated heterocycles. The molecule has 0 saturated carbocycles. The first-order valence-corrected chi connectivity index (χ1v) is 27.0. The first-order valence-electron chi connectivity index (χ1n) is 27.0. The number of nitrogens with zero attached hydrogens (tertiary/aromatic N) is 4. The molecule has 16 nitrogen and oxygen atoms in total. The maximum absolute atomic E-state index is 10.1. The van der Waals surface area contributed by atoms with E-state index < -0.39 is 28.5 Å². The van der Waals surface area contributed by atoms with Crippen molar-refractivity contribution in [3.05, 3.63) is 203 Å². The molecule has 0 amide bonds. The number of benzene rings is 4. The van der Waals surface area contributed by atoms with E-state index in [9.17, 15) is 40.2 Å². The summed E-state index contributed by atoms with van der Waals surface area (Å²) in [7, 11) is -6.68. The Labute approximate surface area is 559 Å². The summed E-state index contributed by atoms with van der Waals surface area (Å²) in [5, 5.41) is 81.0. The Kier molecular flexibility index (Phi) is 16.8. The van der Waals surface area contributed by atoms with Crippen molar-refractivity contribution in [3.63, 3.8) is 0 Å². The van der Waals surface area contributed by atoms with Gasteiger partial charge in [-0.2, -0.15) is 0 Å². The van der Waals surface area contributed by atoms with Crippen LogP contribution in [0.4, 0.5) is 0 Å². The van der Waals surface area contributed by atoms with E-state index in [0.717, 1.165) is 66.6 Å². The number of aromatic amines is 4. The smallest absolute Gasteiger partial charge is 0.423 e. The second-order valence-corrected chi connectivity index (χ2v) is 20.7. The van der Waals surface area contributed by atoms with Gasteiger partial charge >= 0.3 is 112 Å². The van der Waals surface area contributed by atoms with E-state index in [1.807, 2.05) is 158 Å². The molecule has 10 heterocycles. The SMILES string of the molecule is OB(O)c1ccc(-c2c3nc(c(-c4c5nc(c(-c6ccc(B(O)O)cc6)c6ccc(cc7nc(c(-c8ccc(B(O)O)cc8)c8ccc4[nH]8)C=C7)[nH]6)C=C5)c4ccc([nH]4)c(-c4ccc(B(O)O)cc4)c4nc(cc5ccc2[nH]5)C=C4)C=C3)cc1.[Ce+3].[Ce+3].